The molecule has 132 valence electrons. The Morgan fingerprint density at radius 3 is 2.04 bits per heavy atom. The quantitative estimate of drug-likeness (QED) is 0.459. The third-order valence-corrected chi connectivity index (χ3v) is 4.63. The van der Waals surface area contributed by atoms with E-state index in [2.05, 4.69) is 91.1 Å². The number of nitrogens with one attached hydrogen (secondary N) is 1. The third kappa shape index (κ3) is 4.06. The molecule has 0 fully saturated rings. The summed E-state index contributed by atoms with van der Waals surface area (Å²) in [5, 5.41) is 3.65. The van der Waals surface area contributed by atoms with Gasteiger partial charge in [0.1, 0.15) is 0 Å². The van der Waals surface area contributed by atoms with Gasteiger partial charge in [-0.1, -0.05) is 84.4 Å². The maximum absolute atomic E-state index is 4.97. The van der Waals surface area contributed by atoms with Crippen molar-refractivity contribution < 1.29 is 0 Å². The lowest BCUT2D eigenvalue weighted by Crippen LogP contribution is -2.14. The molecule has 4 aromatic rings. The first-order chi connectivity index (χ1) is 13.3. The lowest BCUT2D eigenvalue weighted by molar-refractivity contribution is 0.889. The Hall–Kier alpha value is -3.39. The molecule has 2 heteroatoms. The second-order valence-electron chi connectivity index (χ2n) is 6.67. The molecular formula is C25H22N2. The topological polar surface area (TPSA) is 24.9 Å². The summed E-state index contributed by atoms with van der Waals surface area (Å²) >= 11 is 0. The van der Waals surface area contributed by atoms with Gasteiger partial charge >= 0.3 is 0 Å². The van der Waals surface area contributed by atoms with Crippen molar-refractivity contribution in [3.63, 3.8) is 0 Å². The average molecular weight is 350 g/mol. The minimum Gasteiger partial charge on any atom is -0.373 e. The largest absolute Gasteiger partial charge is 0.373 e. The normalized spacial score (nSPS) is 11.7. The monoisotopic (exact) mass is 350 g/mol. The van der Waals surface area contributed by atoms with Gasteiger partial charge in [-0.25, -0.2) is 0 Å². The predicted octanol–water partition coefficient (Wildman–Crippen LogP) is 6.26. The molecule has 0 spiro atoms. The van der Waals surface area contributed by atoms with E-state index in [9.17, 15) is 0 Å². The van der Waals surface area contributed by atoms with Crippen molar-refractivity contribution in [2.75, 3.05) is 5.32 Å². The number of nitrogens with zero attached hydrogens (tertiary/aromatic N) is 1. The van der Waals surface area contributed by atoms with Gasteiger partial charge in [0.05, 0.1) is 17.4 Å². The SMILES string of the molecule is Cc1ccc(NC(c2ccccc2)c2cccc(-c3ccccc3)n2)cc1. The van der Waals surface area contributed by atoms with Crippen LogP contribution in [0.3, 0.4) is 0 Å². The van der Waals surface area contributed by atoms with E-state index in [0.29, 0.717) is 0 Å². The molecule has 0 aliphatic heterocycles. The van der Waals surface area contributed by atoms with Crippen LogP contribution in [0.1, 0.15) is 22.9 Å². The fourth-order valence-corrected chi connectivity index (χ4v) is 3.17. The summed E-state index contributed by atoms with van der Waals surface area (Å²) in [4.78, 5) is 4.97. The van der Waals surface area contributed by atoms with Crippen LogP contribution in [-0.2, 0) is 0 Å². The summed E-state index contributed by atoms with van der Waals surface area (Å²) in [7, 11) is 0. The van der Waals surface area contributed by atoms with Crippen molar-refractivity contribution >= 4 is 5.69 Å². The number of aromatic nitrogens is 1. The van der Waals surface area contributed by atoms with E-state index in [1.54, 1.807) is 0 Å². The van der Waals surface area contributed by atoms with Crippen LogP contribution in [-0.4, -0.2) is 4.98 Å². The Morgan fingerprint density at radius 1 is 0.667 bits per heavy atom. The molecule has 1 aromatic heterocycles. The molecule has 0 saturated carbocycles. The Morgan fingerprint density at radius 2 is 1.33 bits per heavy atom. The van der Waals surface area contributed by atoms with Crippen molar-refractivity contribution in [3.05, 3.63) is 120 Å². The summed E-state index contributed by atoms with van der Waals surface area (Å²) in [6.07, 6.45) is 0. The van der Waals surface area contributed by atoms with Crippen molar-refractivity contribution in [2.45, 2.75) is 13.0 Å². The highest BCUT2D eigenvalue weighted by atomic mass is 14.9. The van der Waals surface area contributed by atoms with Gasteiger partial charge in [0.2, 0.25) is 0 Å². The van der Waals surface area contributed by atoms with Gasteiger partial charge in [-0.3, -0.25) is 4.98 Å². The molecule has 1 heterocycles. The van der Waals surface area contributed by atoms with Crippen molar-refractivity contribution in [2.24, 2.45) is 0 Å². The Bertz CT molecular complexity index is 993. The number of hydrogen-bond acceptors (Lipinski definition) is 2. The molecule has 2 nitrogen and oxygen atoms in total. The number of aryl methyl sites for hydroxylation is 1. The second kappa shape index (κ2) is 7.88. The Labute approximate surface area is 160 Å². The van der Waals surface area contributed by atoms with E-state index in [-0.39, 0.29) is 6.04 Å². The van der Waals surface area contributed by atoms with Crippen LogP contribution in [0.4, 0.5) is 5.69 Å². The zero-order chi connectivity index (χ0) is 18.5. The lowest BCUT2D eigenvalue weighted by atomic mass is 10.0. The minimum absolute atomic E-state index is 0.0161. The first kappa shape index (κ1) is 17.0. The highest BCUT2D eigenvalue weighted by Gasteiger charge is 2.16. The second-order valence-corrected chi connectivity index (χ2v) is 6.67. The molecule has 0 bridgehead atoms. The molecule has 0 saturated heterocycles. The molecular weight excluding hydrogens is 328 g/mol. The summed E-state index contributed by atoms with van der Waals surface area (Å²) in [6, 6.07) is 35.5. The van der Waals surface area contributed by atoms with Crippen LogP contribution in [0, 0.1) is 6.92 Å². The minimum atomic E-state index is -0.0161. The van der Waals surface area contributed by atoms with Gasteiger partial charge in [0, 0.05) is 11.3 Å². The van der Waals surface area contributed by atoms with Crippen molar-refractivity contribution in [1.29, 1.82) is 0 Å². The molecule has 4 rings (SSSR count). The van der Waals surface area contributed by atoms with Gasteiger partial charge in [0.25, 0.3) is 0 Å². The maximum Gasteiger partial charge on any atom is 0.0940 e. The summed E-state index contributed by atoms with van der Waals surface area (Å²) in [5.41, 5.74) is 6.64. The number of pyridine rings is 1. The number of anilines is 1. The lowest BCUT2D eigenvalue weighted by Gasteiger charge is -2.21. The van der Waals surface area contributed by atoms with Crippen LogP contribution in [0.15, 0.2) is 103 Å². The van der Waals surface area contributed by atoms with Crippen LogP contribution in [0.25, 0.3) is 11.3 Å². The van der Waals surface area contributed by atoms with E-state index in [0.717, 1.165) is 22.6 Å². The van der Waals surface area contributed by atoms with Gasteiger partial charge in [-0.15, -0.1) is 0 Å². The van der Waals surface area contributed by atoms with Gasteiger partial charge < -0.3 is 5.32 Å². The summed E-state index contributed by atoms with van der Waals surface area (Å²) in [6.45, 7) is 2.10. The summed E-state index contributed by atoms with van der Waals surface area (Å²) in [5.74, 6) is 0. The van der Waals surface area contributed by atoms with E-state index in [4.69, 9.17) is 4.98 Å². The van der Waals surface area contributed by atoms with E-state index in [1.807, 2.05) is 24.3 Å². The molecule has 0 amide bonds. The first-order valence-corrected chi connectivity index (χ1v) is 9.20. The smallest absolute Gasteiger partial charge is 0.0940 e. The molecule has 1 unspecified atom stereocenters. The highest BCUT2D eigenvalue weighted by molar-refractivity contribution is 5.59. The van der Waals surface area contributed by atoms with Crippen molar-refractivity contribution in [3.8, 4) is 11.3 Å². The molecule has 0 aliphatic rings. The van der Waals surface area contributed by atoms with Gasteiger partial charge in [-0.05, 0) is 36.8 Å². The van der Waals surface area contributed by atoms with E-state index >= 15 is 0 Å². The predicted molar refractivity (Wildman–Crippen MR) is 113 cm³/mol. The Kier molecular flexibility index (Phi) is 4.97. The fourth-order valence-electron chi connectivity index (χ4n) is 3.17. The molecule has 27 heavy (non-hydrogen) atoms. The van der Waals surface area contributed by atoms with E-state index < -0.39 is 0 Å². The number of hydrogen-bond donors (Lipinski definition) is 1. The number of benzene rings is 3. The standard InChI is InChI=1S/C25H22N2/c1-19-15-17-22(18-16-19)26-25(21-11-6-3-7-12-21)24-14-8-13-23(27-24)20-9-4-2-5-10-20/h2-18,25-26H,1H3. The van der Waals surface area contributed by atoms with Crippen LogP contribution < -0.4 is 5.32 Å². The highest BCUT2D eigenvalue weighted by Crippen LogP contribution is 2.27. The van der Waals surface area contributed by atoms with Crippen molar-refractivity contribution in [1.82, 2.24) is 4.98 Å². The summed E-state index contributed by atoms with van der Waals surface area (Å²) < 4.78 is 0. The van der Waals surface area contributed by atoms with Crippen LogP contribution >= 0.6 is 0 Å². The zero-order valence-corrected chi connectivity index (χ0v) is 15.3. The fraction of sp³-hybridized carbons (Fsp3) is 0.0800. The molecule has 0 radical (unpaired) electrons. The molecule has 1 N–H and O–H groups in total. The number of rotatable bonds is 5. The molecule has 3 aromatic carbocycles. The van der Waals surface area contributed by atoms with E-state index in [1.165, 1.54) is 11.1 Å². The molecule has 1 atom stereocenters. The van der Waals surface area contributed by atoms with Gasteiger partial charge in [-0.2, -0.15) is 0 Å². The van der Waals surface area contributed by atoms with Crippen LogP contribution in [0.5, 0.6) is 0 Å². The first-order valence-electron chi connectivity index (χ1n) is 9.20. The Balaban J connectivity index is 1.73. The maximum atomic E-state index is 4.97. The molecule has 0 aliphatic carbocycles. The zero-order valence-electron chi connectivity index (χ0n) is 15.3. The third-order valence-electron chi connectivity index (χ3n) is 4.63. The van der Waals surface area contributed by atoms with Gasteiger partial charge in [0.15, 0.2) is 0 Å². The van der Waals surface area contributed by atoms with Crippen LogP contribution in [0.2, 0.25) is 0 Å². The average Bonchev–Trinajstić information content (AvgIpc) is 2.75.